The van der Waals surface area contributed by atoms with E-state index in [0.29, 0.717) is 21.8 Å². The second-order valence-electron chi connectivity index (χ2n) is 4.36. The summed E-state index contributed by atoms with van der Waals surface area (Å²) in [6.45, 7) is 4.36. The number of alkyl halides is 1. The van der Waals surface area contributed by atoms with Crippen molar-refractivity contribution >= 4 is 43.0 Å². The van der Waals surface area contributed by atoms with Crippen LogP contribution in [0.1, 0.15) is 17.4 Å². The molecule has 2 aromatic rings. The highest BCUT2D eigenvalue weighted by Crippen LogP contribution is 2.28. The van der Waals surface area contributed by atoms with Gasteiger partial charge in [-0.25, -0.2) is 8.42 Å². The van der Waals surface area contributed by atoms with Gasteiger partial charge in [0.15, 0.2) is 0 Å². The number of anilines is 1. The molecule has 1 aromatic carbocycles. The first kappa shape index (κ1) is 16.3. The molecule has 1 aromatic heterocycles. The fraction of sp³-hybridized carbons (Fsp3) is 0.286. The van der Waals surface area contributed by atoms with E-state index in [1.54, 1.807) is 30.3 Å². The lowest BCUT2D eigenvalue weighted by Crippen LogP contribution is -2.11. The molecule has 1 heterocycles. The van der Waals surface area contributed by atoms with E-state index in [-0.39, 0.29) is 0 Å². The third-order valence-electron chi connectivity index (χ3n) is 2.74. The summed E-state index contributed by atoms with van der Waals surface area (Å²) in [5.41, 5.74) is 1.43. The van der Waals surface area contributed by atoms with Crippen LogP contribution in [-0.4, -0.2) is 15.0 Å². The third-order valence-corrected chi connectivity index (χ3v) is 6.21. The zero-order valence-electron chi connectivity index (χ0n) is 11.7. The van der Waals surface area contributed by atoms with E-state index >= 15 is 0 Å². The van der Waals surface area contributed by atoms with Crippen molar-refractivity contribution in [3.63, 3.8) is 0 Å². The molecule has 0 fully saturated rings. The van der Waals surface area contributed by atoms with Gasteiger partial charge in [0.05, 0.1) is 6.61 Å². The van der Waals surface area contributed by atoms with Crippen LogP contribution in [0.3, 0.4) is 0 Å². The van der Waals surface area contributed by atoms with Crippen molar-refractivity contribution in [1.29, 1.82) is 0 Å². The number of halogens is 1. The molecule has 0 aliphatic carbocycles. The van der Waals surface area contributed by atoms with E-state index in [4.69, 9.17) is 4.74 Å². The topological polar surface area (TPSA) is 55.4 Å². The number of hydrogen-bond acceptors (Lipinski definition) is 4. The van der Waals surface area contributed by atoms with Crippen molar-refractivity contribution in [1.82, 2.24) is 0 Å². The third kappa shape index (κ3) is 3.99. The lowest BCUT2D eigenvalue weighted by molar-refractivity contribution is 0.338. The Labute approximate surface area is 137 Å². The Morgan fingerprint density at radius 3 is 2.62 bits per heavy atom. The molecule has 1 N–H and O–H groups in total. The lowest BCUT2D eigenvalue weighted by atomic mass is 10.2. The first-order valence-corrected chi connectivity index (χ1v) is 9.79. The van der Waals surface area contributed by atoms with Gasteiger partial charge in [0.1, 0.15) is 9.96 Å². The Morgan fingerprint density at radius 1 is 1.29 bits per heavy atom. The molecular formula is C14H16BrNO3S2. The monoisotopic (exact) mass is 389 g/mol. The molecule has 0 unspecified atom stereocenters. The molecule has 0 amide bonds. The first-order valence-electron chi connectivity index (χ1n) is 6.37. The normalized spacial score (nSPS) is 11.4. The number of sulfonamides is 1. The van der Waals surface area contributed by atoms with E-state index < -0.39 is 10.0 Å². The Balaban J connectivity index is 2.27. The number of rotatable bonds is 6. The van der Waals surface area contributed by atoms with Crippen LogP contribution in [0.4, 0.5) is 5.69 Å². The van der Waals surface area contributed by atoms with Crippen molar-refractivity contribution in [3.05, 3.63) is 40.8 Å². The van der Waals surface area contributed by atoms with Crippen LogP contribution in [0.2, 0.25) is 0 Å². The summed E-state index contributed by atoms with van der Waals surface area (Å²) in [6, 6.07) is 8.66. The quantitative estimate of drug-likeness (QED) is 0.754. The highest BCUT2D eigenvalue weighted by Gasteiger charge is 2.17. The van der Waals surface area contributed by atoms with Gasteiger partial charge in [0, 0.05) is 21.5 Å². The second-order valence-corrected chi connectivity index (χ2v) is 8.12. The fourth-order valence-electron chi connectivity index (χ4n) is 1.81. The highest BCUT2D eigenvalue weighted by molar-refractivity contribution is 9.08. The molecular weight excluding hydrogens is 374 g/mol. The van der Waals surface area contributed by atoms with E-state index in [1.165, 1.54) is 11.3 Å². The number of aryl methyl sites for hydroxylation is 1. The molecule has 0 aliphatic rings. The van der Waals surface area contributed by atoms with Gasteiger partial charge in [0.2, 0.25) is 0 Å². The predicted octanol–water partition coefficient (Wildman–Crippen LogP) is 4.15. The van der Waals surface area contributed by atoms with Crippen LogP contribution in [-0.2, 0) is 15.4 Å². The fourth-order valence-corrected chi connectivity index (χ4v) is 4.58. The lowest BCUT2D eigenvalue weighted by Gasteiger charge is -2.11. The molecule has 21 heavy (non-hydrogen) atoms. The van der Waals surface area contributed by atoms with E-state index in [9.17, 15) is 8.42 Å². The molecule has 114 valence electrons. The van der Waals surface area contributed by atoms with E-state index in [0.717, 1.165) is 16.2 Å². The highest BCUT2D eigenvalue weighted by atomic mass is 79.9. The maximum Gasteiger partial charge on any atom is 0.271 e. The SMILES string of the molecule is CCOc1ccc(NS(=O)(=O)c2ccc(C)s2)cc1CBr. The van der Waals surface area contributed by atoms with Gasteiger partial charge in [-0.05, 0) is 44.2 Å². The molecule has 0 aliphatic heterocycles. The molecule has 4 nitrogen and oxygen atoms in total. The summed E-state index contributed by atoms with van der Waals surface area (Å²) >= 11 is 4.64. The Kier molecular flexibility index (Phi) is 5.29. The van der Waals surface area contributed by atoms with E-state index in [1.807, 2.05) is 13.8 Å². The molecule has 2 rings (SSSR count). The van der Waals surface area contributed by atoms with Gasteiger partial charge < -0.3 is 4.74 Å². The average Bonchev–Trinajstić information content (AvgIpc) is 2.88. The first-order chi connectivity index (χ1) is 9.96. The zero-order valence-corrected chi connectivity index (χ0v) is 14.9. The summed E-state index contributed by atoms with van der Waals surface area (Å²) in [5, 5.41) is 0.593. The second kappa shape index (κ2) is 6.81. The van der Waals surface area contributed by atoms with Gasteiger partial charge in [-0.3, -0.25) is 4.72 Å². The summed E-state index contributed by atoms with van der Waals surface area (Å²) in [4.78, 5) is 0.961. The van der Waals surface area contributed by atoms with Gasteiger partial charge in [-0.15, -0.1) is 11.3 Å². The largest absolute Gasteiger partial charge is 0.494 e. The van der Waals surface area contributed by atoms with E-state index in [2.05, 4.69) is 20.7 Å². The molecule has 7 heteroatoms. The summed E-state index contributed by atoms with van der Waals surface area (Å²) in [7, 11) is -3.53. The molecule has 0 radical (unpaired) electrons. The maximum atomic E-state index is 12.3. The van der Waals surface area contributed by atoms with Crippen LogP contribution in [0.5, 0.6) is 5.75 Å². The van der Waals surface area contributed by atoms with Crippen LogP contribution in [0, 0.1) is 6.92 Å². The minimum atomic E-state index is -3.53. The molecule has 0 bridgehead atoms. The standard InChI is InChI=1S/C14H16BrNO3S2/c1-3-19-13-6-5-12(8-11(13)9-15)16-21(17,18)14-7-4-10(2)20-14/h4-8,16H,3,9H2,1-2H3. The van der Waals surface area contributed by atoms with Crippen molar-refractivity contribution in [2.45, 2.75) is 23.4 Å². The summed E-state index contributed by atoms with van der Waals surface area (Å²) < 4.78 is 33.0. The minimum absolute atomic E-state index is 0.314. The van der Waals surface area contributed by atoms with Crippen molar-refractivity contribution in [2.24, 2.45) is 0 Å². The van der Waals surface area contributed by atoms with Crippen LogP contribution >= 0.6 is 27.3 Å². The van der Waals surface area contributed by atoms with Gasteiger partial charge in [0.25, 0.3) is 10.0 Å². The van der Waals surface area contributed by atoms with Crippen LogP contribution in [0.15, 0.2) is 34.5 Å². The average molecular weight is 390 g/mol. The molecule has 0 saturated heterocycles. The summed E-state index contributed by atoms with van der Waals surface area (Å²) in [6.07, 6.45) is 0. The van der Waals surface area contributed by atoms with Crippen molar-refractivity contribution in [3.8, 4) is 5.75 Å². The van der Waals surface area contributed by atoms with Crippen LogP contribution < -0.4 is 9.46 Å². The number of nitrogens with one attached hydrogen (secondary N) is 1. The van der Waals surface area contributed by atoms with Gasteiger partial charge in [-0.2, -0.15) is 0 Å². The molecule has 0 spiro atoms. The maximum absolute atomic E-state index is 12.3. The summed E-state index contributed by atoms with van der Waals surface area (Å²) in [5.74, 6) is 0.754. The Bertz CT molecular complexity index is 726. The predicted molar refractivity (Wildman–Crippen MR) is 90.1 cm³/mol. The smallest absolute Gasteiger partial charge is 0.271 e. The van der Waals surface area contributed by atoms with Gasteiger partial charge in [-0.1, -0.05) is 15.9 Å². The van der Waals surface area contributed by atoms with Crippen LogP contribution in [0.25, 0.3) is 0 Å². The van der Waals surface area contributed by atoms with Crippen molar-refractivity contribution in [2.75, 3.05) is 11.3 Å². The zero-order chi connectivity index (χ0) is 15.5. The number of hydrogen-bond donors (Lipinski definition) is 1. The van der Waals surface area contributed by atoms with Gasteiger partial charge >= 0.3 is 0 Å². The number of thiophene rings is 1. The molecule has 0 saturated carbocycles. The Hall–Kier alpha value is -1.05. The molecule has 0 atom stereocenters. The Morgan fingerprint density at radius 2 is 2.05 bits per heavy atom. The van der Waals surface area contributed by atoms with Crippen molar-refractivity contribution < 1.29 is 13.2 Å². The minimum Gasteiger partial charge on any atom is -0.494 e. The number of benzene rings is 1. The number of ether oxygens (including phenoxy) is 1.